The molecule has 0 radical (unpaired) electrons. The summed E-state index contributed by atoms with van der Waals surface area (Å²) in [6, 6.07) is 11.2. The van der Waals surface area contributed by atoms with Gasteiger partial charge in [0.1, 0.15) is 5.75 Å². The van der Waals surface area contributed by atoms with Crippen molar-refractivity contribution >= 4 is 11.6 Å². The molecule has 0 aliphatic rings. The van der Waals surface area contributed by atoms with E-state index in [9.17, 15) is 18.0 Å². The number of halogens is 3. The number of nitrogens with zero attached hydrogens (tertiary/aromatic N) is 2. The van der Waals surface area contributed by atoms with Crippen molar-refractivity contribution in [2.45, 2.75) is 26.6 Å². The molecule has 0 spiro atoms. The molecule has 3 rings (SSSR count). The Morgan fingerprint density at radius 3 is 2.52 bits per heavy atom. The van der Waals surface area contributed by atoms with E-state index < -0.39 is 18.7 Å². The molecule has 10 heteroatoms. The van der Waals surface area contributed by atoms with Crippen molar-refractivity contribution in [1.29, 1.82) is 0 Å². The Morgan fingerprint density at radius 1 is 1.03 bits per heavy atom. The Labute approximate surface area is 189 Å². The number of alkyl halides is 3. The van der Waals surface area contributed by atoms with Gasteiger partial charge in [0, 0.05) is 11.8 Å². The van der Waals surface area contributed by atoms with E-state index in [2.05, 4.69) is 10.4 Å². The fourth-order valence-corrected chi connectivity index (χ4v) is 2.99. The third kappa shape index (κ3) is 7.16. The average Bonchev–Trinajstić information content (AvgIpc) is 3.21. The lowest BCUT2D eigenvalue weighted by molar-refractivity contribution is -0.153. The monoisotopic (exact) mass is 463 g/mol. The molecule has 0 aliphatic carbocycles. The van der Waals surface area contributed by atoms with E-state index >= 15 is 0 Å². The van der Waals surface area contributed by atoms with Gasteiger partial charge < -0.3 is 19.5 Å². The first-order chi connectivity index (χ1) is 15.8. The molecule has 1 aromatic heterocycles. The fourth-order valence-electron chi connectivity index (χ4n) is 2.99. The van der Waals surface area contributed by atoms with Crippen LogP contribution in [0.1, 0.15) is 29.8 Å². The molecule has 1 N–H and O–H groups in total. The molecular weight excluding hydrogens is 439 g/mol. The first-order valence-corrected chi connectivity index (χ1v) is 10.3. The number of benzene rings is 2. The lowest BCUT2D eigenvalue weighted by atomic mass is 10.2. The Bertz CT molecular complexity index is 1080. The van der Waals surface area contributed by atoms with Crippen LogP contribution >= 0.6 is 0 Å². The lowest BCUT2D eigenvalue weighted by Gasteiger charge is -2.12. The maximum atomic E-state index is 12.5. The van der Waals surface area contributed by atoms with Gasteiger partial charge in [0.15, 0.2) is 18.1 Å². The number of hydrogen-bond donors (Lipinski definition) is 1. The average molecular weight is 463 g/mol. The molecule has 0 saturated heterocycles. The minimum Gasteiger partial charge on any atom is -0.490 e. The highest BCUT2D eigenvalue weighted by Crippen LogP contribution is 2.29. The molecule has 0 fully saturated rings. The van der Waals surface area contributed by atoms with Crippen LogP contribution in [0.2, 0.25) is 0 Å². The van der Waals surface area contributed by atoms with E-state index in [1.165, 1.54) is 30.5 Å². The van der Waals surface area contributed by atoms with Gasteiger partial charge in [0.2, 0.25) is 0 Å². The number of ether oxygens (including phenoxy) is 3. The molecule has 0 aliphatic heterocycles. The van der Waals surface area contributed by atoms with Gasteiger partial charge in [0.25, 0.3) is 5.91 Å². The zero-order valence-electron chi connectivity index (χ0n) is 18.2. The van der Waals surface area contributed by atoms with Gasteiger partial charge >= 0.3 is 6.18 Å². The van der Waals surface area contributed by atoms with Gasteiger partial charge in [-0.15, -0.1) is 0 Å². The Balaban J connectivity index is 1.64. The highest BCUT2D eigenvalue weighted by atomic mass is 19.4. The second kappa shape index (κ2) is 10.8. The smallest absolute Gasteiger partial charge is 0.422 e. The molecule has 0 atom stereocenters. The van der Waals surface area contributed by atoms with Crippen LogP contribution in [0.5, 0.6) is 17.2 Å². The van der Waals surface area contributed by atoms with E-state index in [-0.39, 0.29) is 11.3 Å². The first-order valence-electron chi connectivity index (χ1n) is 10.3. The summed E-state index contributed by atoms with van der Waals surface area (Å²) in [5.74, 6) is 0.770. The summed E-state index contributed by atoms with van der Waals surface area (Å²) in [5.41, 5.74) is 1.53. The van der Waals surface area contributed by atoms with Crippen molar-refractivity contribution < 1.29 is 32.2 Å². The minimum absolute atomic E-state index is 0.0451. The molecule has 3 aromatic rings. The third-order valence-electron chi connectivity index (χ3n) is 4.34. The molecule has 0 unspecified atom stereocenters. The van der Waals surface area contributed by atoms with Crippen LogP contribution in [0.3, 0.4) is 0 Å². The summed E-state index contributed by atoms with van der Waals surface area (Å²) >= 11 is 0. The molecule has 1 amide bonds. The number of rotatable bonds is 10. The number of aromatic nitrogens is 2. The van der Waals surface area contributed by atoms with Crippen LogP contribution in [0, 0.1) is 0 Å². The van der Waals surface area contributed by atoms with Gasteiger partial charge in [-0.05, 0) is 49.7 Å². The van der Waals surface area contributed by atoms with Gasteiger partial charge in [-0.2, -0.15) is 18.3 Å². The maximum absolute atomic E-state index is 12.5. The van der Waals surface area contributed by atoms with Gasteiger partial charge in [-0.3, -0.25) is 9.48 Å². The van der Waals surface area contributed by atoms with Crippen molar-refractivity contribution in [1.82, 2.24) is 9.78 Å². The SMILES string of the molecule is CCOc1ccc(Cn2cc(NC(=O)c3cccc(OCC(F)(F)F)c3)cn2)cc1OCC. The summed E-state index contributed by atoms with van der Waals surface area (Å²) in [7, 11) is 0. The van der Waals surface area contributed by atoms with Crippen LogP contribution in [0.25, 0.3) is 0 Å². The first kappa shape index (κ1) is 24.0. The van der Waals surface area contributed by atoms with E-state index in [1.807, 2.05) is 32.0 Å². The number of amides is 1. The third-order valence-corrected chi connectivity index (χ3v) is 4.34. The van der Waals surface area contributed by atoms with Crippen LogP contribution in [-0.4, -0.2) is 41.7 Å². The summed E-state index contributed by atoms with van der Waals surface area (Å²) in [6.07, 6.45) is -1.32. The molecule has 1 heterocycles. The molecule has 0 bridgehead atoms. The maximum Gasteiger partial charge on any atom is 0.422 e. The number of carbonyl (C=O) groups excluding carboxylic acids is 1. The second-order valence-electron chi connectivity index (χ2n) is 6.96. The predicted octanol–water partition coefficient (Wildman–Crippen LogP) is 4.92. The zero-order chi connectivity index (χ0) is 23.8. The molecule has 0 saturated carbocycles. The van der Waals surface area contributed by atoms with Crippen LogP contribution in [0.15, 0.2) is 54.9 Å². The summed E-state index contributed by atoms with van der Waals surface area (Å²) in [5, 5.41) is 6.92. The second-order valence-corrected chi connectivity index (χ2v) is 6.96. The van der Waals surface area contributed by atoms with E-state index in [0.29, 0.717) is 36.9 Å². The van der Waals surface area contributed by atoms with Gasteiger partial charge in [0.05, 0.1) is 31.6 Å². The topological polar surface area (TPSA) is 74.6 Å². The van der Waals surface area contributed by atoms with Crippen molar-refractivity contribution in [3.8, 4) is 17.2 Å². The lowest BCUT2D eigenvalue weighted by Crippen LogP contribution is -2.19. The molecule has 7 nitrogen and oxygen atoms in total. The molecular formula is C23H24F3N3O4. The number of anilines is 1. The number of nitrogens with one attached hydrogen (secondary N) is 1. The largest absolute Gasteiger partial charge is 0.490 e. The van der Waals surface area contributed by atoms with Crippen molar-refractivity contribution in [3.63, 3.8) is 0 Å². The van der Waals surface area contributed by atoms with Crippen LogP contribution in [0.4, 0.5) is 18.9 Å². The van der Waals surface area contributed by atoms with Crippen LogP contribution in [-0.2, 0) is 6.54 Å². The Kier molecular flexibility index (Phi) is 7.81. The quantitative estimate of drug-likeness (QED) is 0.462. The van der Waals surface area contributed by atoms with E-state index in [4.69, 9.17) is 14.2 Å². The number of carbonyl (C=O) groups is 1. The highest BCUT2D eigenvalue weighted by molar-refractivity contribution is 6.04. The van der Waals surface area contributed by atoms with E-state index in [1.54, 1.807) is 10.9 Å². The van der Waals surface area contributed by atoms with Crippen LogP contribution < -0.4 is 19.5 Å². The highest BCUT2D eigenvalue weighted by Gasteiger charge is 2.28. The van der Waals surface area contributed by atoms with Crippen molar-refractivity contribution in [2.24, 2.45) is 0 Å². The van der Waals surface area contributed by atoms with Crippen molar-refractivity contribution in [3.05, 3.63) is 66.0 Å². The molecule has 176 valence electrons. The molecule has 2 aromatic carbocycles. The molecule has 33 heavy (non-hydrogen) atoms. The Morgan fingerprint density at radius 2 is 1.79 bits per heavy atom. The fraction of sp³-hybridized carbons (Fsp3) is 0.304. The zero-order valence-corrected chi connectivity index (χ0v) is 18.2. The normalized spacial score (nSPS) is 11.2. The minimum atomic E-state index is -4.46. The summed E-state index contributed by atoms with van der Waals surface area (Å²) < 4.78 is 54.5. The Hall–Kier alpha value is -3.69. The van der Waals surface area contributed by atoms with Crippen molar-refractivity contribution in [2.75, 3.05) is 25.1 Å². The predicted molar refractivity (Wildman–Crippen MR) is 116 cm³/mol. The van der Waals surface area contributed by atoms with E-state index in [0.717, 1.165) is 5.56 Å². The standard InChI is InChI=1S/C23H24F3N3O4/c1-3-31-20-9-8-16(10-21(20)32-4-2)13-29-14-18(12-27-29)28-22(30)17-6-5-7-19(11-17)33-15-23(24,25)26/h5-12,14H,3-4,13,15H2,1-2H3,(H,28,30). The van der Waals surface area contributed by atoms with Gasteiger partial charge in [-0.25, -0.2) is 0 Å². The summed E-state index contributed by atoms with van der Waals surface area (Å²) in [4.78, 5) is 12.5. The number of hydrogen-bond acceptors (Lipinski definition) is 5. The summed E-state index contributed by atoms with van der Waals surface area (Å²) in [6.45, 7) is 3.82. The van der Waals surface area contributed by atoms with Gasteiger partial charge in [-0.1, -0.05) is 12.1 Å².